The van der Waals surface area contributed by atoms with Gasteiger partial charge in [-0.1, -0.05) is 0 Å². The Morgan fingerprint density at radius 2 is 1.16 bits per heavy atom. The number of nitrogens with zero attached hydrogens (tertiary/aromatic N) is 1. The molecule has 0 bridgehead atoms. The first kappa shape index (κ1) is 18.8. The minimum atomic E-state index is -1.48. The zero-order valence-electron chi connectivity index (χ0n) is 13.3. The fourth-order valence-corrected chi connectivity index (χ4v) is 4.71. The van der Waals surface area contributed by atoms with Crippen molar-refractivity contribution in [1.82, 2.24) is 0 Å². The zero-order chi connectivity index (χ0) is 17.8. The second-order valence-electron chi connectivity index (χ2n) is 5.51. The summed E-state index contributed by atoms with van der Waals surface area (Å²) in [6.07, 6.45) is 0. The number of benzene rings is 3. The largest absolute Gasteiger partial charge is 0.583 e. The van der Waals surface area contributed by atoms with Crippen LogP contribution < -0.4 is 20.5 Å². The van der Waals surface area contributed by atoms with Gasteiger partial charge in [0.2, 0.25) is 0 Å². The van der Waals surface area contributed by atoms with Crippen LogP contribution in [-0.4, -0.2) is 26.5 Å². The number of hydrogen-bond donors (Lipinski definition) is 0. The summed E-state index contributed by atoms with van der Waals surface area (Å²) in [7, 11) is 0.203. The molecule has 122 valence electrons. The molecule has 3 aromatic rings. The highest BCUT2D eigenvalue weighted by atomic mass is 35.7. The van der Waals surface area contributed by atoms with Gasteiger partial charge in [0.1, 0.15) is 32.5 Å². The number of halogens is 3. The van der Waals surface area contributed by atoms with Crippen LogP contribution in [0.2, 0.25) is 0 Å². The first-order chi connectivity index (χ1) is 12.1. The molecule has 0 heterocycles. The van der Waals surface area contributed by atoms with E-state index in [9.17, 15) is 0 Å². The lowest BCUT2D eigenvalue weighted by molar-refractivity contribution is 1.29. The quantitative estimate of drug-likeness (QED) is 0.440. The van der Waals surface area contributed by atoms with E-state index in [1.807, 2.05) is 22.4 Å². The van der Waals surface area contributed by atoms with Crippen molar-refractivity contribution < 1.29 is 0 Å². The Hall–Kier alpha value is -1.02. The second-order valence-corrected chi connectivity index (χ2v) is 11.8. The van der Waals surface area contributed by atoms with E-state index in [2.05, 4.69) is 65.6 Å². The van der Waals surface area contributed by atoms with E-state index in [0.29, 0.717) is 0 Å². The average molecular weight is 436 g/mol. The van der Waals surface area contributed by atoms with Crippen LogP contribution in [0.1, 0.15) is 0 Å². The minimum absolute atomic E-state index is 0.195. The predicted molar refractivity (Wildman–Crippen MR) is 119 cm³/mol. The third kappa shape index (κ3) is 4.58. The normalized spacial score (nSPS) is 10.4. The molecule has 0 amide bonds. The molecule has 1 nitrogen and oxygen atoms in total. The molecule has 3 rings (SSSR count). The van der Waals surface area contributed by atoms with Gasteiger partial charge in [-0.15, -0.1) is 0 Å². The summed E-state index contributed by atoms with van der Waals surface area (Å²) in [4.78, 5) is 2.22. The van der Waals surface area contributed by atoms with Crippen molar-refractivity contribution in [2.75, 3.05) is 4.90 Å². The lowest BCUT2D eigenvalue weighted by atomic mass is 10.2. The fourth-order valence-electron chi connectivity index (χ4n) is 2.52. The van der Waals surface area contributed by atoms with Crippen LogP contribution in [0.15, 0.2) is 72.8 Å². The van der Waals surface area contributed by atoms with E-state index in [1.54, 1.807) is 0 Å². The van der Waals surface area contributed by atoms with Crippen LogP contribution in [0.25, 0.3) is 0 Å². The average Bonchev–Trinajstić information content (AvgIpc) is 2.64. The van der Waals surface area contributed by atoms with Crippen LogP contribution in [0.4, 0.5) is 17.1 Å². The topological polar surface area (TPSA) is 3.24 Å². The third-order valence-electron chi connectivity index (χ3n) is 3.82. The number of hydrogen-bond acceptors (Lipinski definition) is 1. The monoisotopic (exact) mass is 434 g/mol. The Labute approximate surface area is 169 Å². The van der Waals surface area contributed by atoms with Gasteiger partial charge >= 0.3 is 26.5 Å². The summed E-state index contributed by atoms with van der Waals surface area (Å²) in [5.74, 6) is 0. The molecule has 0 saturated heterocycles. The molecule has 0 aliphatic carbocycles. The first-order valence-electron chi connectivity index (χ1n) is 7.62. The first-order valence-corrected chi connectivity index (χ1v) is 14.2. The molecule has 0 aromatic heterocycles. The van der Waals surface area contributed by atoms with Gasteiger partial charge in [0, 0.05) is 17.1 Å². The molecular formula is C18H15Cl3NSi3+3. The van der Waals surface area contributed by atoms with Gasteiger partial charge in [-0.2, -0.15) is 0 Å². The van der Waals surface area contributed by atoms with Crippen LogP contribution in [0, 0.1) is 0 Å². The maximum Gasteiger partial charge on any atom is 0.583 e. The molecule has 0 fully saturated rings. The fraction of sp³-hybridized carbons (Fsp3) is 0. The summed E-state index contributed by atoms with van der Waals surface area (Å²) in [5, 5.41) is 3.43. The van der Waals surface area contributed by atoms with Crippen molar-refractivity contribution in [3.05, 3.63) is 72.8 Å². The standard InChI is InChI=1S/C18H15Cl3NSi3/c19-24-17-9-3-14(4-10-17)22(13-1-7-16(23)8-2-13)15-5-11-18(12-6-15)25(20)21/h1-12,24H,23H2/q+3. The van der Waals surface area contributed by atoms with Gasteiger partial charge in [-0.3, -0.25) is 0 Å². The summed E-state index contributed by atoms with van der Waals surface area (Å²) in [6.45, 7) is 0. The molecule has 7 heteroatoms. The molecule has 0 radical (unpaired) electrons. The van der Waals surface area contributed by atoms with Gasteiger partial charge < -0.3 is 4.90 Å². The number of rotatable bonds is 5. The van der Waals surface area contributed by atoms with Gasteiger partial charge in [-0.05, 0) is 72.8 Å². The molecule has 0 aliphatic heterocycles. The van der Waals surface area contributed by atoms with Gasteiger partial charge in [-0.25, -0.2) is 0 Å². The van der Waals surface area contributed by atoms with E-state index in [1.165, 1.54) is 10.4 Å². The summed E-state index contributed by atoms with van der Waals surface area (Å²) < 4.78 is 0. The molecular weight excluding hydrogens is 421 g/mol. The van der Waals surface area contributed by atoms with E-state index in [0.717, 1.165) is 22.2 Å². The van der Waals surface area contributed by atoms with Crippen molar-refractivity contribution in [1.29, 1.82) is 0 Å². The molecule has 0 saturated carbocycles. The minimum Gasteiger partial charge on any atom is -0.310 e. The van der Waals surface area contributed by atoms with Crippen molar-refractivity contribution >= 4 is 92.3 Å². The molecule has 3 aromatic carbocycles. The van der Waals surface area contributed by atoms with Gasteiger partial charge in [0.05, 0.1) is 16.3 Å². The molecule has 0 unspecified atom stereocenters. The highest BCUT2D eigenvalue weighted by Crippen LogP contribution is 2.33. The van der Waals surface area contributed by atoms with E-state index in [-0.39, 0.29) is 8.83 Å². The second kappa shape index (κ2) is 8.58. The summed E-state index contributed by atoms with van der Waals surface area (Å²) in [5.41, 5.74) is 3.27. The molecule has 0 atom stereocenters. The Bertz CT molecular complexity index is 822. The highest BCUT2D eigenvalue weighted by Gasteiger charge is 2.26. The van der Waals surface area contributed by atoms with Crippen LogP contribution >= 0.6 is 33.2 Å². The van der Waals surface area contributed by atoms with Gasteiger partial charge in [0.25, 0.3) is 0 Å². The van der Waals surface area contributed by atoms with E-state index >= 15 is 0 Å². The lowest BCUT2D eigenvalue weighted by Crippen LogP contribution is -2.19. The summed E-state index contributed by atoms with van der Waals surface area (Å²) >= 11 is 18.1. The van der Waals surface area contributed by atoms with Crippen molar-refractivity contribution in [3.63, 3.8) is 0 Å². The van der Waals surface area contributed by atoms with Crippen LogP contribution in [0.5, 0.6) is 0 Å². The third-order valence-corrected chi connectivity index (χ3v) is 7.76. The molecule has 25 heavy (non-hydrogen) atoms. The van der Waals surface area contributed by atoms with E-state index < -0.39 is 7.42 Å². The highest BCUT2D eigenvalue weighted by molar-refractivity contribution is 7.39. The van der Waals surface area contributed by atoms with Crippen molar-refractivity contribution in [2.24, 2.45) is 0 Å². The van der Waals surface area contributed by atoms with Crippen molar-refractivity contribution in [2.45, 2.75) is 0 Å². The Kier molecular flexibility index (Phi) is 6.44. The predicted octanol–water partition coefficient (Wildman–Crippen LogP) is 2.80. The Morgan fingerprint density at radius 3 is 1.60 bits per heavy atom. The SMILES string of the molecule is [SiH2+]c1ccc(N(c2ccc([SiH+]Cl)cc2)c2ccc([Si+](Cl)Cl)cc2)cc1. The van der Waals surface area contributed by atoms with Gasteiger partial charge in [0.15, 0.2) is 0 Å². The van der Waals surface area contributed by atoms with E-state index in [4.69, 9.17) is 33.2 Å². The molecule has 0 spiro atoms. The number of anilines is 3. The van der Waals surface area contributed by atoms with Crippen LogP contribution in [-0.2, 0) is 0 Å². The summed E-state index contributed by atoms with van der Waals surface area (Å²) in [6, 6.07) is 25.1. The Balaban J connectivity index is 2.05. The zero-order valence-corrected chi connectivity index (χ0v) is 19.1. The smallest absolute Gasteiger partial charge is 0.310 e. The maximum absolute atomic E-state index is 6.06. The Morgan fingerprint density at radius 1 is 0.720 bits per heavy atom. The molecule has 0 aliphatic rings. The lowest BCUT2D eigenvalue weighted by Gasteiger charge is -2.25. The van der Waals surface area contributed by atoms with Crippen LogP contribution in [0.3, 0.4) is 0 Å². The maximum atomic E-state index is 6.06. The molecule has 0 N–H and O–H groups in total. The van der Waals surface area contributed by atoms with Crippen molar-refractivity contribution in [3.8, 4) is 0 Å².